The first-order chi connectivity index (χ1) is 16.6. The van der Waals surface area contributed by atoms with E-state index in [2.05, 4.69) is 42.1 Å². The Morgan fingerprint density at radius 3 is 2.74 bits per heavy atom. The van der Waals surface area contributed by atoms with Crippen LogP contribution < -0.4 is 15.0 Å². The zero-order valence-electron chi connectivity index (χ0n) is 20.3. The smallest absolute Gasteiger partial charge is 0.199 e. The molecule has 1 aliphatic heterocycles. The zero-order valence-corrected chi connectivity index (χ0v) is 20.3. The number of nitrogens with one attached hydrogen (secondary N) is 2. The molecule has 3 N–H and O–H groups in total. The van der Waals surface area contributed by atoms with Crippen molar-refractivity contribution in [2.75, 3.05) is 52.3 Å². The number of ether oxygens (including phenoxy) is 1. The second-order valence-electron chi connectivity index (χ2n) is 8.89. The standard InChI is InChI=1S/C25H35N7O2/c1-31-12-7-5-4-6-10-26-11-13-32(2)24-22-20(25(33)30-23(22)28-17-29-24)15-27-19-8-9-21(34-3)18(14-19)16-31/h8-9,14-15,17,26,33H,4-7,10-13,16H2,1-3H3,(H,28,29,30). The first-order valence-electron chi connectivity index (χ1n) is 11.9. The maximum atomic E-state index is 10.6. The van der Waals surface area contributed by atoms with E-state index in [9.17, 15) is 5.11 Å². The van der Waals surface area contributed by atoms with Crippen molar-refractivity contribution < 1.29 is 9.84 Å². The molecular weight excluding hydrogens is 430 g/mol. The van der Waals surface area contributed by atoms with Crippen molar-refractivity contribution >= 4 is 28.8 Å². The summed E-state index contributed by atoms with van der Waals surface area (Å²) in [5.41, 5.74) is 3.05. The van der Waals surface area contributed by atoms with Crippen LogP contribution in [0.25, 0.3) is 11.0 Å². The summed E-state index contributed by atoms with van der Waals surface area (Å²) in [6.45, 7) is 4.49. The molecule has 4 rings (SSSR count). The average Bonchev–Trinajstić information content (AvgIpc) is 3.16. The van der Waals surface area contributed by atoms with Crippen LogP contribution in [0.5, 0.6) is 11.6 Å². The Kier molecular flexibility index (Phi) is 7.97. The van der Waals surface area contributed by atoms with Crippen LogP contribution in [0.15, 0.2) is 29.5 Å². The summed E-state index contributed by atoms with van der Waals surface area (Å²) in [4.78, 5) is 20.9. The summed E-state index contributed by atoms with van der Waals surface area (Å²) < 4.78 is 5.59. The van der Waals surface area contributed by atoms with Gasteiger partial charge >= 0.3 is 0 Å². The van der Waals surface area contributed by atoms with Crippen LogP contribution in [-0.4, -0.2) is 78.6 Å². The summed E-state index contributed by atoms with van der Waals surface area (Å²) in [6.07, 6.45) is 8.00. The number of rotatable bonds is 1. The predicted octanol–water partition coefficient (Wildman–Crippen LogP) is 3.45. The number of H-pyrrole nitrogens is 1. The van der Waals surface area contributed by atoms with Gasteiger partial charge in [0.1, 0.15) is 23.5 Å². The number of hydrogen-bond donors (Lipinski definition) is 3. The van der Waals surface area contributed by atoms with Gasteiger partial charge in [-0.2, -0.15) is 0 Å². The van der Waals surface area contributed by atoms with Gasteiger partial charge < -0.3 is 29.9 Å². The fraction of sp³-hybridized carbons (Fsp3) is 0.480. The number of nitrogens with zero attached hydrogens (tertiary/aromatic N) is 5. The molecule has 0 aliphatic carbocycles. The monoisotopic (exact) mass is 465 g/mol. The largest absolute Gasteiger partial charge is 0.496 e. The SMILES string of the molecule is COc1ccc2cc1CN(C)CCCCCCNCCN(C)c1ncnc3[nH]c(O)c(c13)C=N2. The highest BCUT2D eigenvalue weighted by atomic mass is 16.5. The van der Waals surface area contributed by atoms with Crippen molar-refractivity contribution in [2.24, 2.45) is 4.99 Å². The van der Waals surface area contributed by atoms with E-state index < -0.39 is 0 Å². The summed E-state index contributed by atoms with van der Waals surface area (Å²) in [5.74, 6) is 1.64. The summed E-state index contributed by atoms with van der Waals surface area (Å²) in [5, 5.41) is 14.9. The van der Waals surface area contributed by atoms with E-state index in [1.807, 2.05) is 25.2 Å². The number of aromatic hydroxyl groups is 1. The van der Waals surface area contributed by atoms with Crippen molar-refractivity contribution in [3.8, 4) is 11.6 Å². The van der Waals surface area contributed by atoms with Crippen molar-refractivity contribution in [3.05, 3.63) is 35.7 Å². The molecule has 2 bridgehead atoms. The highest BCUT2D eigenvalue weighted by Gasteiger charge is 2.18. The predicted molar refractivity (Wildman–Crippen MR) is 137 cm³/mol. The van der Waals surface area contributed by atoms with E-state index in [0.29, 0.717) is 11.2 Å². The van der Waals surface area contributed by atoms with Gasteiger partial charge in [0.2, 0.25) is 0 Å². The van der Waals surface area contributed by atoms with E-state index in [1.165, 1.54) is 32.0 Å². The van der Waals surface area contributed by atoms with E-state index in [-0.39, 0.29) is 5.88 Å². The quantitative estimate of drug-likeness (QED) is 0.506. The third kappa shape index (κ3) is 5.66. The number of aromatic nitrogens is 3. The van der Waals surface area contributed by atoms with Gasteiger partial charge in [-0.25, -0.2) is 9.97 Å². The van der Waals surface area contributed by atoms with Gasteiger partial charge in [-0.3, -0.25) is 4.99 Å². The maximum absolute atomic E-state index is 10.6. The van der Waals surface area contributed by atoms with Crippen LogP contribution in [-0.2, 0) is 6.54 Å². The molecule has 0 spiro atoms. The van der Waals surface area contributed by atoms with Crippen molar-refractivity contribution in [1.82, 2.24) is 25.2 Å². The van der Waals surface area contributed by atoms with Gasteiger partial charge in [-0.1, -0.05) is 12.8 Å². The first kappa shape index (κ1) is 24.0. The molecule has 0 saturated carbocycles. The molecular formula is C25H35N7O2. The molecule has 0 saturated heterocycles. The Morgan fingerprint density at radius 1 is 1.03 bits per heavy atom. The number of benzene rings is 1. The normalized spacial score (nSPS) is 17.1. The van der Waals surface area contributed by atoms with Gasteiger partial charge in [0.05, 0.1) is 23.7 Å². The Morgan fingerprint density at radius 2 is 1.88 bits per heavy atom. The minimum Gasteiger partial charge on any atom is -0.496 e. The van der Waals surface area contributed by atoms with Crippen molar-refractivity contribution in [2.45, 2.75) is 32.2 Å². The number of hydrogen-bond acceptors (Lipinski definition) is 8. The third-order valence-corrected chi connectivity index (χ3v) is 6.26. The summed E-state index contributed by atoms with van der Waals surface area (Å²) >= 11 is 0. The summed E-state index contributed by atoms with van der Waals surface area (Å²) in [7, 11) is 5.85. The van der Waals surface area contributed by atoms with E-state index in [4.69, 9.17) is 4.74 Å². The van der Waals surface area contributed by atoms with E-state index in [1.54, 1.807) is 13.3 Å². The van der Waals surface area contributed by atoms with E-state index in [0.717, 1.165) is 60.9 Å². The third-order valence-electron chi connectivity index (χ3n) is 6.26. The highest BCUT2D eigenvalue weighted by Crippen LogP contribution is 2.32. The molecule has 2 aromatic heterocycles. The van der Waals surface area contributed by atoms with Gasteiger partial charge in [0.15, 0.2) is 5.88 Å². The van der Waals surface area contributed by atoms with Crippen molar-refractivity contribution in [3.63, 3.8) is 0 Å². The van der Waals surface area contributed by atoms with Gasteiger partial charge in [0.25, 0.3) is 0 Å². The molecule has 0 unspecified atom stereocenters. The molecule has 3 heterocycles. The molecule has 0 radical (unpaired) electrons. The molecule has 34 heavy (non-hydrogen) atoms. The lowest BCUT2D eigenvalue weighted by molar-refractivity contribution is 0.308. The number of fused-ring (bicyclic) bond motifs is 2. The van der Waals surface area contributed by atoms with Gasteiger partial charge in [0, 0.05) is 38.5 Å². The second kappa shape index (κ2) is 11.3. The number of anilines is 1. The Bertz CT molecular complexity index is 1130. The maximum Gasteiger partial charge on any atom is 0.199 e. The molecule has 0 amide bonds. The van der Waals surface area contributed by atoms with Crippen LogP contribution in [0.3, 0.4) is 0 Å². The van der Waals surface area contributed by atoms with Crippen LogP contribution >= 0.6 is 0 Å². The first-order valence-corrected chi connectivity index (χ1v) is 11.9. The lowest BCUT2D eigenvalue weighted by atomic mass is 10.1. The Balaban J connectivity index is 1.70. The number of aliphatic imine (C=N–C) groups is 1. The molecule has 3 aromatic rings. The van der Waals surface area contributed by atoms with Crippen LogP contribution in [0.2, 0.25) is 0 Å². The fourth-order valence-electron chi connectivity index (χ4n) is 4.37. The molecule has 9 nitrogen and oxygen atoms in total. The number of methoxy groups -OCH3 is 1. The number of likely N-dealkylation sites (N-methyl/N-ethyl adjacent to an activating group) is 1. The topological polar surface area (TPSA) is 102 Å². The minimum atomic E-state index is 0.0302. The van der Waals surface area contributed by atoms with Crippen LogP contribution in [0.4, 0.5) is 11.5 Å². The molecule has 0 fully saturated rings. The fourth-order valence-corrected chi connectivity index (χ4v) is 4.37. The second-order valence-corrected chi connectivity index (χ2v) is 8.89. The number of aromatic amines is 1. The van der Waals surface area contributed by atoms with Crippen molar-refractivity contribution in [1.29, 1.82) is 0 Å². The Hall–Kier alpha value is -3.17. The lowest BCUT2D eigenvalue weighted by Crippen LogP contribution is -2.30. The molecule has 1 aromatic carbocycles. The lowest BCUT2D eigenvalue weighted by Gasteiger charge is -2.20. The van der Waals surface area contributed by atoms with Crippen LogP contribution in [0, 0.1) is 0 Å². The minimum absolute atomic E-state index is 0.0302. The van der Waals surface area contributed by atoms with Gasteiger partial charge in [-0.05, 0) is 51.2 Å². The van der Waals surface area contributed by atoms with Gasteiger partial charge in [-0.15, -0.1) is 0 Å². The Labute approximate surface area is 200 Å². The highest BCUT2D eigenvalue weighted by molar-refractivity contribution is 6.06. The zero-order chi connectivity index (χ0) is 23.9. The average molecular weight is 466 g/mol. The molecule has 9 heteroatoms. The molecule has 0 atom stereocenters. The van der Waals surface area contributed by atoms with Crippen LogP contribution in [0.1, 0.15) is 36.8 Å². The van der Waals surface area contributed by atoms with E-state index >= 15 is 0 Å². The summed E-state index contributed by atoms with van der Waals surface area (Å²) in [6, 6.07) is 5.92. The molecule has 182 valence electrons. The molecule has 1 aliphatic rings.